The number of carbonyl (C=O) groups excluding carboxylic acids is 2. The van der Waals surface area contributed by atoms with Crippen LogP contribution < -0.4 is 0 Å². The third-order valence-corrected chi connectivity index (χ3v) is 4.54. The number of likely N-dealkylation sites (tertiary alicyclic amines) is 1. The topological polar surface area (TPSA) is 37.4 Å². The van der Waals surface area contributed by atoms with Crippen LogP contribution >= 0.6 is 11.8 Å². The van der Waals surface area contributed by atoms with Gasteiger partial charge in [-0.25, -0.2) is 0 Å². The van der Waals surface area contributed by atoms with Crippen LogP contribution in [0.25, 0.3) is 0 Å². The van der Waals surface area contributed by atoms with Crippen LogP contribution in [0, 0.1) is 6.92 Å². The molecule has 2 unspecified atom stereocenters. The van der Waals surface area contributed by atoms with Crippen LogP contribution in [-0.4, -0.2) is 27.7 Å². The molecule has 1 aromatic rings. The molecule has 1 amide bonds. The van der Waals surface area contributed by atoms with Crippen LogP contribution in [0.1, 0.15) is 37.4 Å². The summed E-state index contributed by atoms with van der Waals surface area (Å²) >= 11 is 1.28. The predicted octanol–water partition coefficient (Wildman–Crippen LogP) is 2.94. The first-order valence-electron chi connectivity index (χ1n) is 6.51. The normalized spacial score (nSPS) is 20.7. The summed E-state index contributed by atoms with van der Waals surface area (Å²) in [6.45, 7) is 6.34. The van der Waals surface area contributed by atoms with Crippen LogP contribution in [0.2, 0.25) is 0 Å². The van der Waals surface area contributed by atoms with E-state index in [2.05, 4.69) is 26.0 Å². The molecule has 1 fully saturated rings. The van der Waals surface area contributed by atoms with E-state index in [1.165, 1.54) is 22.9 Å². The SMILES string of the molecule is CC(=O)SC1CC(=O)N(C(C)c2ccccc2C)C1. The Labute approximate surface area is 118 Å². The summed E-state index contributed by atoms with van der Waals surface area (Å²) in [5.41, 5.74) is 2.38. The van der Waals surface area contributed by atoms with E-state index in [9.17, 15) is 9.59 Å². The van der Waals surface area contributed by atoms with E-state index in [1.54, 1.807) is 6.92 Å². The quantitative estimate of drug-likeness (QED) is 0.852. The first kappa shape index (κ1) is 14.1. The second-order valence-electron chi connectivity index (χ2n) is 5.01. The van der Waals surface area contributed by atoms with E-state index in [1.807, 2.05) is 17.0 Å². The van der Waals surface area contributed by atoms with E-state index < -0.39 is 0 Å². The van der Waals surface area contributed by atoms with Crippen molar-refractivity contribution in [3.8, 4) is 0 Å². The van der Waals surface area contributed by atoms with Crippen LogP contribution in [0.5, 0.6) is 0 Å². The maximum absolute atomic E-state index is 12.1. The molecule has 1 aromatic carbocycles. The highest BCUT2D eigenvalue weighted by Crippen LogP contribution is 2.32. The molecule has 2 atom stereocenters. The Morgan fingerprint density at radius 2 is 2.11 bits per heavy atom. The molecule has 102 valence electrons. The fourth-order valence-corrected chi connectivity index (χ4v) is 3.54. The molecule has 1 aliphatic heterocycles. The van der Waals surface area contributed by atoms with Crippen LogP contribution in [-0.2, 0) is 9.59 Å². The Bertz CT molecular complexity index is 501. The minimum Gasteiger partial charge on any atom is -0.335 e. The molecule has 4 heteroatoms. The molecule has 0 saturated carbocycles. The Balaban J connectivity index is 2.12. The van der Waals surface area contributed by atoms with Gasteiger partial charge in [-0.1, -0.05) is 36.0 Å². The second kappa shape index (κ2) is 5.78. The maximum atomic E-state index is 12.1. The predicted molar refractivity (Wildman–Crippen MR) is 78.0 cm³/mol. The molecule has 0 radical (unpaired) electrons. The summed E-state index contributed by atoms with van der Waals surface area (Å²) in [7, 11) is 0. The molecule has 0 N–H and O–H groups in total. The minimum atomic E-state index is 0.0752. The van der Waals surface area contributed by atoms with Crippen LogP contribution in [0.4, 0.5) is 0 Å². The van der Waals surface area contributed by atoms with Gasteiger partial charge >= 0.3 is 0 Å². The fourth-order valence-electron chi connectivity index (χ4n) is 2.61. The number of rotatable bonds is 3. The monoisotopic (exact) mass is 277 g/mol. The number of aryl methyl sites for hydroxylation is 1. The van der Waals surface area contributed by atoms with Crippen molar-refractivity contribution >= 4 is 22.8 Å². The van der Waals surface area contributed by atoms with Crippen molar-refractivity contribution in [3.63, 3.8) is 0 Å². The number of thioether (sulfide) groups is 1. The Kier molecular flexibility index (Phi) is 4.30. The second-order valence-corrected chi connectivity index (χ2v) is 6.49. The molecule has 3 nitrogen and oxygen atoms in total. The standard InChI is InChI=1S/C15H19NO2S/c1-10-6-4-5-7-14(10)11(2)16-9-13(8-15(16)18)19-12(3)17/h4-7,11,13H,8-9H2,1-3H3. The van der Waals surface area contributed by atoms with Crippen LogP contribution in [0.15, 0.2) is 24.3 Å². The van der Waals surface area contributed by atoms with E-state index >= 15 is 0 Å². The summed E-state index contributed by atoms with van der Waals surface area (Å²) in [5, 5.41) is 0.194. The van der Waals surface area contributed by atoms with Gasteiger partial charge in [-0.15, -0.1) is 0 Å². The summed E-state index contributed by atoms with van der Waals surface area (Å²) in [6, 6.07) is 8.21. The zero-order valence-corrected chi connectivity index (χ0v) is 12.4. The van der Waals surface area contributed by atoms with Crippen molar-refractivity contribution < 1.29 is 9.59 Å². The molecule has 1 aliphatic rings. The number of hydrogen-bond donors (Lipinski definition) is 0. The molecule has 2 rings (SSSR count). The van der Waals surface area contributed by atoms with Gasteiger partial charge in [-0.05, 0) is 25.0 Å². The van der Waals surface area contributed by atoms with Crippen molar-refractivity contribution in [2.45, 2.75) is 38.5 Å². The first-order valence-corrected chi connectivity index (χ1v) is 7.39. The number of hydrogen-bond acceptors (Lipinski definition) is 3. The first-order chi connectivity index (χ1) is 8.99. The average molecular weight is 277 g/mol. The molecule has 0 aliphatic carbocycles. The lowest BCUT2D eigenvalue weighted by atomic mass is 10.0. The van der Waals surface area contributed by atoms with Gasteiger partial charge in [0.1, 0.15) is 0 Å². The molecule has 1 saturated heterocycles. The highest BCUT2D eigenvalue weighted by molar-refractivity contribution is 8.14. The summed E-state index contributed by atoms with van der Waals surface area (Å²) < 4.78 is 0. The third-order valence-electron chi connectivity index (χ3n) is 3.56. The number of nitrogens with zero attached hydrogens (tertiary/aromatic N) is 1. The highest BCUT2D eigenvalue weighted by atomic mass is 32.2. The largest absolute Gasteiger partial charge is 0.335 e. The van der Waals surface area contributed by atoms with E-state index in [0.29, 0.717) is 13.0 Å². The Morgan fingerprint density at radius 1 is 1.42 bits per heavy atom. The molecule has 1 heterocycles. The average Bonchev–Trinajstić information content (AvgIpc) is 2.69. The lowest BCUT2D eigenvalue weighted by molar-refractivity contribution is -0.129. The number of benzene rings is 1. The van der Waals surface area contributed by atoms with Gasteiger partial charge in [0, 0.05) is 25.1 Å². The van der Waals surface area contributed by atoms with Gasteiger partial charge < -0.3 is 4.90 Å². The van der Waals surface area contributed by atoms with Crippen molar-refractivity contribution in [2.24, 2.45) is 0 Å². The summed E-state index contributed by atoms with van der Waals surface area (Å²) in [5.74, 6) is 0.148. The van der Waals surface area contributed by atoms with Gasteiger partial charge in [0.15, 0.2) is 5.12 Å². The molecular formula is C15H19NO2S. The molecular weight excluding hydrogens is 258 g/mol. The van der Waals surface area contributed by atoms with Gasteiger partial charge in [0.2, 0.25) is 5.91 Å². The lowest BCUT2D eigenvalue weighted by Gasteiger charge is -2.26. The fraction of sp³-hybridized carbons (Fsp3) is 0.467. The lowest BCUT2D eigenvalue weighted by Crippen LogP contribution is -2.29. The molecule has 19 heavy (non-hydrogen) atoms. The van der Waals surface area contributed by atoms with Gasteiger partial charge in [-0.3, -0.25) is 9.59 Å². The van der Waals surface area contributed by atoms with Crippen molar-refractivity contribution in [2.75, 3.05) is 6.54 Å². The summed E-state index contributed by atoms with van der Waals surface area (Å²) in [4.78, 5) is 25.1. The number of amides is 1. The van der Waals surface area contributed by atoms with Crippen molar-refractivity contribution in [1.82, 2.24) is 4.90 Å². The zero-order valence-electron chi connectivity index (χ0n) is 11.6. The number of carbonyl (C=O) groups is 2. The van der Waals surface area contributed by atoms with E-state index in [4.69, 9.17) is 0 Å². The van der Waals surface area contributed by atoms with Crippen molar-refractivity contribution in [3.05, 3.63) is 35.4 Å². The van der Waals surface area contributed by atoms with E-state index in [-0.39, 0.29) is 22.3 Å². The Hall–Kier alpha value is -1.29. The summed E-state index contributed by atoms with van der Waals surface area (Å²) in [6.07, 6.45) is 0.473. The minimum absolute atomic E-state index is 0.0752. The Morgan fingerprint density at radius 3 is 2.74 bits per heavy atom. The van der Waals surface area contributed by atoms with Gasteiger partial charge in [0.05, 0.1) is 6.04 Å². The van der Waals surface area contributed by atoms with Gasteiger partial charge in [0.25, 0.3) is 0 Å². The van der Waals surface area contributed by atoms with E-state index in [0.717, 1.165) is 0 Å². The molecule has 0 spiro atoms. The maximum Gasteiger partial charge on any atom is 0.224 e. The molecule has 0 bridgehead atoms. The van der Waals surface area contributed by atoms with Crippen LogP contribution in [0.3, 0.4) is 0 Å². The highest BCUT2D eigenvalue weighted by Gasteiger charge is 2.34. The smallest absolute Gasteiger partial charge is 0.224 e. The zero-order chi connectivity index (χ0) is 14.0. The van der Waals surface area contributed by atoms with Gasteiger partial charge in [-0.2, -0.15) is 0 Å². The van der Waals surface area contributed by atoms with Crippen molar-refractivity contribution in [1.29, 1.82) is 0 Å². The third kappa shape index (κ3) is 3.18. The molecule has 0 aromatic heterocycles.